The van der Waals surface area contributed by atoms with E-state index in [-0.39, 0.29) is 5.91 Å². The van der Waals surface area contributed by atoms with E-state index in [0.717, 1.165) is 10.0 Å². The Morgan fingerprint density at radius 2 is 2.10 bits per heavy atom. The van der Waals surface area contributed by atoms with Gasteiger partial charge in [-0.2, -0.15) is 5.26 Å². The molecule has 0 aliphatic heterocycles. The Kier molecular flexibility index (Phi) is 4.06. The normalized spacial score (nSPS) is 9.85. The molecule has 0 saturated heterocycles. The van der Waals surface area contributed by atoms with E-state index in [2.05, 4.69) is 21.2 Å². The molecule has 5 heteroatoms. The number of hydrogen-bond donors (Lipinski definition) is 2. The molecule has 0 unspecified atom stereocenters. The van der Waals surface area contributed by atoms with Crippen molar-refractivity contribution in [2.45, 2.75) is 6.92 Å². The van der Waals surface area contributed by atoms with Crippen LogP contribution in [0.1, 0.15) is 21.5 Å². The summed E-state index contributed by atoms with van der Waals surface area (Å²) in [4.78, 5) is 12.3. The zero-order chi connectivity index (χ0) is 14.7. The molecule has 2 rings (SSSR count). The molecule has 0 atom stereocenters. The first kappa shape index (κ1) is 14.1. The molecule has 3 N–H and O–H groups in total. The van der Waals surface area contributed by atoms with Crippen LogP contribution < -0.4 is 11.1 Å². The summed E-state index contributed by atoms with van der Waals surface area (Å²) in [6.45, 7) is 1.79. The van der Waals surface area contributed by atoms with Gasteiger partial charge in [-0.15, -0.1) is 0 Å². The highest BCUT2D eigenvalue weighted by molar-refractivity contribution is 9.10. The molecule has 100 valence electrons. The summed E-state index contributed by atoms with van der Waals surface area (Å²) in [7, 11) is 0. The molecule has 2 aromatic rings. The lowest BCUT2D eigenvalue weighted by molar-refractivity contribution is 0.102. The third-order valence-electron chi connectivity index (χ3n) is 2.97. The first-order valence-electron chi connectivity index (χ1n) is 5.89. The number of nitrogens with two attached hydrogens (primary N) is 1. The number of nitrogen functional groups attached to an aromatic ring is 1. The first-order chi connectivity index (χ1) is 9.52. The third kappa shape index (κ3) is 2.81. The van der Waals surface area contributed by atoms with E-state index in [1.165, 1.54) is 0 Å². The summed E-state index contributed by atoms with van der Waals surface area (Å²) >= 11 is 3.32. The van der Waals surface area contributed by atoms with Crippen LogP contribution in [0.3, 0.4) is 0 Å². The molecule has 0 bridgehead atoms. The van der Waals surface area contributed by atoms with Crippen molar-refractivity contribution in [1.29, 1.82) is 5.26 Å². The topological polar surface area (TPSA) is 78.9 Å². The van der Waals surface area contributed by atoms with Crippen molar-refractivity contribution < 1.29 is 4.79 Å². The summed E-state index contributed by atoms with van der Waals surface area (Å²) in [5.74, 6) is -0.288. The van der Waals surface area contributed by atoms with Crippen LogP contribution in [0, 0.1) is 18.3 Å². The summed E-state index contributed by atoms with van der Waals surface area (Å²) in [6.07, 6.45) is 0. The number of halogens is 1. The van der Waals surface area contributed by atoms with Crippen LogP contribution in [0.5, 0.6) is 0 Å². The Morgan fingerprint density at radius 1 is 1.35 bits per heavy atom. The fraction of sp³-hybridized carbons (Fsp3) is 0.0667. The molecule has 1 amide bonds. The molecule has 20 heavy (non-hydrogen) atoms. The molecular weight excluding hydrogens is 318 g/mol. The van der Waals surface area contributed by atoms with Gasteiger partial charge in [-0.1, -0.05) is 22.0 Å². The van der Waals surface area contributed by atoms with E-state index in [0.29, 0.717) is 22.5 Å². The summed E-state index contributed by atoms with van der Waals surface area (Å²) in [5, 5.41) is 11.8. The average molecular weight is 330 g/mol. The van der Waals surface area contributed by atoms with Crippen molar-refractivity contribution in [3.63, 3.8) is 0 Å². The van der Waals surface area contributed by atoms with E-state index in [4.69, 9.17) is 11.0 Å². The largest absolute Gasteiger partial charge is 0.398 e. The van der Waals surface area contributed by atoms with Gasteiger partial charge in [0.1, 0.15) is 6.07 Å². The van der Waals surface area contributed by atoms with Crippen molar-refractivity contribution in [1.82, 2.24) is 0 Å². The smallest absolute Gasteiger partial charge is 0.256 e. The number of anilines is 2. The number of carbonyl (C=O) groups is 1. The lowest BCUT2D eigenvalue weighted by atomic mass is 10.1. The maximum absolute atomic E-state index is 12.3. The first-order valence-corrected chi connectivity index (χ1v) is 6.68. The number of hydrogen-bond acceptors (Lipinski definition) is 3. The van der Waals surface area contributed by atoms with E-state index in [1.54, 1.807) is 43.3 Å². The van der Waals surface area contributed by atoms with Gasteiger partial charge in [-0.25, -0.2) is 0 Å². The highest BCUT2D eigenvalue weighted by Crippen LogP contribution is 2.23. The van der Waals surface area contributed by atoms with Crippen molar-refractivity contribution in [3.8, 4) is 6.07 Å². The van der Waals surface area contributed by atoms with Gasteiger partial charge < -0.3 is 11.1 Å². The van der Waals surface area contributed by atoms with Crippen molar-refractivity contribution in [2.75, 3.05) is 11.1 Å². The van der Waals surface area contributed by atoms with Crippen molar-refractivity contribution in [3.05, 3.63) is 57.6 Å². The molecule has 0 aliphatic rings. The minimum Gasteiger partial charge on any atom is -0.398 e. The molecule has 0 spiro atoms. The van der Waals surface area contributed by atoms with E-state index in [1.807, 2.05) is 6.07 Å². The number of rotatable bonds is 2. The highest BCUT2D eigenvalue weighted by atomic mass is 79.9. The minimum atomic E-state index is -0.288. The third-order valence-corrected chi connectivity index (χ3v) is 3.46. The van der Waals surface area contributed by atoms with Crippen molar-refractivity contribution in [2.24, 2.45) is 0 Å². The molecule has 2 aromatic carbocycles. The second-order valence-corrected chi connectivity index (χ2v) is 5.19. The predicted molar refractivity (Wildman–Crippen MR) is 82.4 cm³/mol. The van der Waals surface area contributed by atoms with Gasteiger partial charge in [-0.3, -0.25) is 4.79 Å². The van der Waals surface area contributed by atoms with Gasteiger partial charge in [-0.05, 0) is 42.8 Å². The molecule has 4 nitrogen and oxygen atoms in total. The minimum absolute atomic E-state index is 0.288. The molecule has 0 aliphatic carbocycles. The van der Waals surface area contributed by atoms with E-state index < -0.39 is 0 Å². The molecule has 0 saturated carbocycles. The summed E-state index contributed by atoms with van der Waals surface area (Å²) in [6, 6.07) is 12.3. The monoisotopic (exact) mass is 329 g/mol. The number of nitriles is 1. The second-order valence-electron chi connectivity index (χ2n) is 4.28. The Bertz CT molecular complexity index is 720. The maximum Gasteiger partial charge on any atom is 0.256 e. The number of nitrogens with one attached hydrogen (secondary N) is 1. The summed E-state index contributed by atoms with van der Waals surface area (Å²) in [5.41, 5.74) is 8.44. The number of amides is 1. The fourth-order valence-electron chi connectivity index (χ4n) is 1.81. The number of benzene rings is 2. The van der Waals surface area contributed by atoms with Gasteiger partial charge in [0.2, 0.25) is 0 Å². The molecule has 0 aromatic heterocycles. The van der Waals surface area contributed by atoms with Crippen LogP contribution in [-0.2, 0) is 0 Å². The zero-order valence-corrected chi connectivity index (χ0v) is 12.4. The fourth-order valence-corrected chi connectivity index (χ4v) is 2.17. The van der Waals surface area contributed by atoms with Crippen LogP contribution in [0.2, 0.25) is 0 Å². The van der Waals surface area contributed by atoms with Crippen LogP contribution in [0.15, 0.2) is 40.9 Å². The van der Waals surface area contributed by atoms with Gasteiger partial charge in [0.15, 0.2) is 0 Å². The summed E-state index contributed by atoms with van der Waals surface area (Å²) < 4.78 is 0.788. The van der Waals surface area contributed by atoms with Gasteiger partial charge in [0.05, 0.1) is 11.3 Å². The van der Waals surface area contributed by atoms with Gasteiger partial charge in [0, 0.05) is 15.7 Å². The van der Waals surface area contributed by atoms with Gasteiger partial charge >= 0.3 is 0 Å². The Hall–Kier alpha value is -2.32. The lowest BCUT2D eigenvalue weighted by Gasteiger charge is -2.10. The SMILES string of the molecule is Cc1c(N)cccc1C(=O)Nc1cc(Br)ccc1C#N. The van der Waals surface area contributed by atoms with Crippen LogP contribution in [0.25, 0.3) is 0 Å². The molecule has 0 radical (unpaired) electrons. The number of nitrogens with zero attached hydrogens (tertiary/aromatic N) is 1. The molecule has 0 fully saturated rings. The maximum atomic E-state index is 12.3. The lowest BCUT2D eigenvalue weighted by Crippen LogP contribution is -2.15. The Balaban J connectivity index is 2.35. The quantitative estimate of drug-likeness (QED) is 0.828. The predicted octanol–water partition coefficient (Wildman–Crippen LogP) is 3.46. The standard InChI is InChI=1S/C15H12BrN3O/c1-9-12(3-2-4-13(9)18)15(20)19-14-7-11(16)6-5-10(14)8-17/h2-7H,18H2,1H3,(H,19,20). The van der Waals surface area contributed by atoms with E-state index in [9.17, 15) is 4.79 Å². The van der Waals surface area contributed by atoms with Crippen LogP contribution in [-0.4, -0.2) is 5.91 Å². The zero-order valence-electron chi connectivity index (χ0n) is 10.8. The van der Waals surface area contributed by atoms with Crippen LogP contribution >= 0.6 is 15.9 Å². The van der Waals surface area contributed by atoms with Gasteiger partial charge in [0.25, 0.3) is 5.91 Å². The second kappa shape index (κ2) is 5.76. The molecular formula is C15H12BrN3O. The highest BCUT2D eigenvalue weighted by Gasteiger charge is 2.13. The Labute approximate surface area is 125 Å². The number of carbonyl (C=O) groups excluding carboxylic acids is 1. The molecule has 0 heterocycles. The van der Waals surface area contributed by atoms with Crippen LogP contribution in [0.4, 0.5) is 11.4 Å². The van der Waals surface area contributed by atoms with Crippen molar-refractivity contribution >= 4 is 33.2 Å². The average Bonchev–Trinajstić information content (AvgIpc) is 2.42. The van der Waals surface area contributed by atoms with E-state index >= 15 is 0 Å². The Morgan fingerprint density at radius 3 is 2.80 bits per heavy atom.